The molecule has 0 spiro atoms. The van der Waals surface area contributed by atoms with Crippen molar-refractivity contribution < 1.29 is 9.18 Å². The van der Waals surface area contributed by atoms with Crippen LogP contribution < -0.4 is 5.32 Å². The fourth-order valence-corrected chi connectivity index (χ4v) is 2.76. The van der Waals surface area contributed by atoms with Crippen molar-refractivity contribution in [3.05, 3.63) is 77.7 Å². The van der Waals surface area contributed by atoms with Gasteiger partial charge in [-0.2, -0.15) is 0 Å². The molecule has 1 amide bonds. The number of pyridine rings is 1. The van der Waals surface area contributed by atoms with Gasteiger partial charge in [0.15, 0.2) is 0 Å². The van der Waals surface area contributed by atoms with E-state index in [1.807, 2.05) is 49.3 Å². The summed E-state index contributed by atoms with van der Waals surface area (Å²) in [4.78, 5) is 18.8. The largest absolute Gasteiger partial charge is 0.349 e. The van der Waals surface area contributed by atoms with Gasteiger partial charge in [-0.25, -0.2) is 9.37 Å². The summed E-state index contributed by atoms with van der Waals surface area (Å²) >= 11 is 0. The number of nitrogens with zero attached hydrogens (tertiary/aromatic N) is 2. The van der Waals surface area contributed by atoms with E-state index in [4.69, 9.17) is 0 Å². The molecule has 1 atom stereocenters. The van der Waals surface area contributed by atoms with E-state index in [-0.39, 0.29) is 17.8 Å². The summed E-state index contributed by atoms with van der Waals surface area (Å²) in [6, 6.07) is 17.6. The van der Waals surface area contributed by atoms with E-state index in [9.17, 15) is 9.18 Å². The van der Waals surface area contributed by atoms with Crippen LogP contribution in [0.15, 0.2) is 60.7 Å². The summed E-state index contributed by atoms with van der Waals surface area (Å²) in [7, 11) is 3.85. The van der Waals surface area contributed by atoms with Crippen molar-refractivity contribution in [1.29, 1.82) is 0 Å². The van der Waals surface area contributed by atoms with E-state index in [0.29, 0.717) is 12.2 Å². The molecule has 0 aliphatic heterocycles. The summed E-state index contributed by atoms with van der Waals surface area (Å²) in [5, 5.41) is 3.92. The molecule has 0 unspecified atom stereocenters. The Hall–Kier alpha value is -2.79. The number of nitrogens with one attached hydrogen (secondary N) is 1. The van der Waals surface area contributed by atoms with Crippen molar-refractivity contribution in [2.75, 3.05) is 20.6 Å². The van der Waals surface area contributed by atoms with Crippen LogP contribution in [0.4, 0.5) is 4.39 Å². The number of amides is 1. The lowest BCUT2D eigenvalue weighted by Crippen LogP contribution is -2.34. The number of likely N-dealkylation sites (N-methyl/N-ethyl adjacent to an activating group) is 1. The van der Waals surface area contributed by atoms with Crippen LogP contribution in [-0.4, -0.2) is 36.4 Å². The molecule has 0 radical (unpaired) electrons. The Labute approximate surface area is 146 Å². The summed E-state index contributed by atoms with van der Waals surface area (Å²) in [6.07, 6.45) is 0. The average molecular weight is 337 g/mol. The third kappa shape index (κ3) is 4.00. The molecule has 0 saturated heterocycles. The second kappa shape index (κ2) is 7.40. The van der Waals surface area contributed by atoms with Crippen LogP contribution in [0.25, 0.3) is 10.9 Å². The smallest absolute Gasteiger partial charge is 0.269 e. The molecular formula is C20H20FN3O. The quantitative estimate of drug-likeness (QED) is 0.776. The fourth-order valence-electron chi connectivity index (χ4n) is 2.76. The van der Waals surface area contributed by atoms with Crippen LogP contribution in [0.2, 0.25) is 0 Å². The molecule has 0 aliphatic rings. The molecule has 5 heteroatoms. The van der Waals surface area contributed by atoms with Crippen LogP contribution >= 0.6 is 0 Å². The first-order chi connectivity index (χ1) is 12.0. The van der Waals surface area contributed by atoms with Crippen molar-refractivity contribution in [3.63, 3.8) is 0 Å². The van der Waals surface area contributed by atoms with Gasteiger partial charge in [0.05, 0.1) is 11.6 Å². The summed E-state index contributed by atoms with van der Waals surface area (Å²) in [5.41, 5.74) is 2.12. The average Bonchev–Trinajstić information content (AvgIpc) is 2.62. The molecule has 1 heterocycles. The molecule has 128 valence electrons. The van der Waals surface area contributed by atoms with Gasteiger partial charge in [0, 0.05) is 11.9 Å². The van der Waals surface area contributed by atoms with E-state index in [0.717, 1.165) is 16.5 Å². The van der Waals surface area contributed by atoms with Gasteiger partial charge in [0.25, 0.3) is 5.91 Å². The number of carbonyl (C=O) groups excluding carboxylic acids is 1. The van der Waals surface area contributed by atoms with Crippen LogP contribution in [0, 0.1) is 5.82 Å². The molecule has 4 nitrogen and oxygen atoms in total. The first-order valence-electron chi connectivity index (χ1n) is 8.10. The number of rotatable bonds is 5. The topological polar surface area (TPSA) is 45.2 Å². The molecule has 3 aromatic rings. The molecule has 25 heavy (non-hydrogen) atoms. The van der Waals surface area contributed by atoms with E-state index >= 15 is 0 Å². The van der Waals surface area contributed by atoms with Crippen LogP contribution in [0.3, 0.4) is 0 Å². The van der Waals surface area contributed by atoms with Crippen molar-refractivity contribution in [2.45, 2.75) is 6.04 Å². The summed E-state index contributed by atoms with van der Waals surface area (Å²) < 4.78 is 13.1. The SMILES string of the molecule is CN(C)[C@@H](CNC(=O)c1ccc2ccccc2n1)c1ccc(F)cc1. The minimum absolute atomic E-state index is 0.0509. The highest BCUT2D eigenvalue weighted by Gasteiger charge is 2.16. The first-order valence-corrected chi connectivity index (χ1v) is 8.10. The van der Waals surface area contributed by atoms with E-state index in [2.05, 4.69) is 10.3 Å². The molecule has 0 fully saturated rings. The zero-order chi connectivity index (χ0) is 17.8. The Bertz CT molecular complexity index is 878. The number of aromatic nitrogens is 1. The lowest BCUT2D eigenvalue weighted by atomic mass is 10.1. The minimum Gasteiger partial charge on any atom is -0.349 e. The normalized spacial score (nSPS) is 12.3. The highest BCUT2D eigenvalue weighted by molar-refractivity contribution is 5.94. The maximum Gasteiger partial charge on any atom is 0.269 e. The maximum atomic E-state index is 13.1. The van der Waals surface area contributed by atoms with Gasteiger partial charge >= 0.3 is 0 Å². The number of para-hydroxylation sites is 1. The van der Waals surface area contributed by atoms with Gasteiger partial charge in [-0.05, 0) is 43.9 Å². The number of benzene rings is 2. The summed E-state index contributed by atoms with van der Waals surface area (Å²) in [6.45, 7) is 0.409. The van der Waals surface area contributed by atoms with Crippen molar-refractivity contribution >= 4 is 16.8 Å². The summed E-state index contributed by atoms with van der Waals surface area (Å²) in [5.74, 6) is -0.495. The lowest BCUT2D eigenvalue weighted by Gasteiger charge is -2.25. The number of hydrogen-bond acceptors (Lipinski definition) is 3. The van der Waals surface area contributed by atoms with Crippen molar-refractivity contribution in [2.24, 2.45) is 0 Å². The number of hydrogen-bond donors (Lipinski definition) is 1. The standard InChI is InChI=1S/C20H20FN3O/c1-24(2)19(15-7-10-16(21)11-8-15)13-22-20(25)18-12-9-14-5-3-4-6-17(14)23-18/h3-12,19H,13H2,1-2H3,(H,22,25)/t19-/m0/s1. The van der Waals surface area contributed by atoms with Gasteiger partial charge in [0.1, 0.15) is 11.5 Å². The van der Waals surface area contributed by atoms with Crippen LogP contribution in [0.5, 0.6) is 0 Å². The molecular weight excluding hydrogens is 317 g/mol. The van der Waals surface area contributed by atoms with E-state index < -0.39 is 0 Å². The predicted octanol–water partition coefficient (Wildman–Crippen LogP) is 3.41. The molecule has 2 aromatic carbocycles. The minimum atomic E-state index is -0.273. The van der Waals surface area contributed by atoms with Gasteiger partial charge in [-0.15, -0.1) is 0 Å². The number of halogens is 1. The van der Waals surface area contributed by atoms with Gasteiger partial charge in [-0.3, -0.25) is 4.79 Å². The zero-order valence-electron chi connectivity index (χ0n) is 14.2. The lowest BCUT2D eigenvalue weighted by molar-refractivity contribution is 0.0937. The first kappa shape index (κ1) is 17.0. The highest BCUT2D eigenvalue weighted by Crippen LogP contribution is 2.18. The Kier molecular flexibility index (Phi) is 5.05. The Morgan fingerprint density at radius 3 is 2.52 bits per heavy atom. The second-order valence-electron chi connectivity index (χ2n) is 6.13. The van der Waals surface area contributed by atoms with Gasteiger partial charge in [0.2, 0.25) is 0 Å². The van der Waals surface area contributed by atoms with Crippen LogP contribution in [-0.2, 0) is 0 Å². The molecule has 1 aromatic heterocycles. The molecule has 3 rings (SSSR count). The molecule has 0 aliphatic carbocycles. The second-order valence-corrected chi connectivity index (χ2v) is 6.13. The van der Waals surface area contributed by atoms with Gasteiger partial charge in [-0.1, -0.05) is 36.4 Å². The Morgan fingerprint density at radius 1 is 1.08 bits per heavy atom. The predicted molar refractivity (Wildman–Crippen MR) is 96.9 cm³/mol. The fraction of sp³-hybridized carbons (Fsp3) is 0.200. The third-order valence-electron chi connectivity index (χ3n) is 4.17. The van der Waals surface area contributed by atoms with E-state index in [1.165, 1.54) is 12.1 Å². The third-order valence-corrected chi connectivity index (χ3v) is 4.17. The van der Waals surface area contributed by atoms with E-state index in [1.54, 1.807) is 18.2 Å². The molecule has 1 N–H and O–H groups in total. The van der Waals surface area contributed by atoms with Gasteiger partial charge < -0.3 is 10.2 Å². The van der Waals surface area contributed by atoms with Crippen molar-refractivity contribution in [1.82, 2.24) is 15.2 Å². The molecule has 0 saturated carbocycles. The van der Waals surface area contributed by atoms with Crippen molar-refractivity contribution in [3.8, 4) is 0 Å². The van der Waals surface area contributed by atoms with Crippen LogP contribution in [0.1, 0.15) is 22.1 Å². The monoisotopic (exact) mass is 337 g/mol. The maximum absolute atomic E-state index is 13.1. The Balaban J connectivity index is 1.73. The zero-order valence-corrected chi connectivity index (χ0v) is 14.2. The highest BCUT2D eigenvalue weighted by atomic mass is 19.1. The Morgan fingerprint density at radius 2 is 1.80 bits per heavy atom. The number of fused-ring (bicyclic) bond motifs is 1. The molecule has 0 bridgehead atoms. The number of carbonyl (C=O) groups is 1.